The molecule has 0 unspecified atom stereocenters. The molecule has 6 nitrogen and oxygen atoms in total. The molecule has 0 saturated carbocycles. The number of benzene rings is 2. The lowest BCUT2D eigenvalue weighted by Crippen LogP contribution is -2.27. The number of hydrogen-bond donors (Lipinski definition) is 0. The molecule has 146 valence electrons. The monoisotopic (exact) mass is 417 g/mol. The van der Waals surface area contributed by atoms with Crippen molar-refractivity contribution in [2.75, 3.05) is 33.3 Å². The maximum absolute atomic E-state index is 13.1. The molecule has 0 spiro atoms. The van der Waals surface area contributed by atoms with Crippen molar-refractivity contribution in [3.63, 3.8) is 0 Å². The maximum atomic E-state index is 13.1. The van der Waals surface area contributed by atoms with Gasteiger partial charge in [0, 0.05) is 11.6 Å². The summed E-state index contributed by atoms with van der Waals surface area (Å²) in [5.74, 6) is 2.19. The topological polar surface area (TPSA) is 57.2 Å². The van der Waals surface area contributed by atoms with Gasteiger partial charge in [-0.2, -0.15) is 0 Å². The summed E-state index contributed by atoms with van der Waals surface area (Å²) in [7, 11) is 6.26. The van der Waals surface area contributed by atoms with Crippen molar-refractivity contribution in [1.82, 2.24) is 0 Å². The molecule has 28 heavy (non-hydrogen) atoms. The van der Waals surface area contributed by atoms with E-state index in [9.17, 15) is 4.79 Å². The number of methoxy groups -OCH3 is 4. The minimum absolute atomic E-state index is 0.233. The zero-order valence-corrected chi connectivity index (χ0v) is 17.5. The van der Waals surface area contributed by atoms with E-state index in [4.69, 9.17) is 31.2 Å². The number of thioether (sulfide) groups is 1. The van der Waals surface area contributed by atoms with E-state index in [1.165, 1.54) is 23.8 Å². The van der Waals surface area contributed by atoms with Crippen LogP contribution in [0.25, 0.3) is 6.08 Å². The first kappa shape index (κ1) is 20.0. The summed E-state index contributed by atoms with van der Waals surface area (Å²) in [5, 5.41) is 0. The molecule has 0 aromatic heterocycles. The summed E-state index contributed by atoms with van der Waals surface area (Å²) in [6, 6.07) is 10.6. The van der Waals surface area contributed by atoms with Crippen molar-refractivity contribution < 1.29 is 23.7 Å². The van der Waals surface area contributed by atoms with Gasteiger partial charge in [0.05, 0.1) is 39.0 Å². The molecule has 1 fully saturated rings. The zero-order valence-electron chi connectivity index (χ0n) is 15.8. The number of carbonyl (C=O) groups is 1. The minimum atomic E-state index is -0.233. The van der Waals surface area contributed by atoms with Crippen LogP contribution < -0.4 is 23.8 Å². The number of nitrogens with zero attached hydrogens (tertiary/aromatic N) is 1. The lowest BCUT2D eigenvalue weighted by Gasteiger charge is -2.18. The first-order valence-corrected chi connectivity index (χ1v) is 9.46. The van der Waals surface area contributed by atoms with Gasteiger partial charge in [-0.1, -0.05) is 24.0 Å². The van der Waals surface area contributed by atoms with Gasteiger partial charge in [-0.15, -0.1) is 0 Å². The van der Waals surface area contributed by atoms with E-state index in [0.29, 0.717) is 37.9 Å². The van der Waals surface area contributed by atoms with Crippen LogP contribution in [-0.2, 0) is 4.79 Å². The highest BCUT2D eigenvalue weighted by Crippen LogP contribution is 2.42. The highest BCUT2D eigenvalue weighted by molar-refractivity contribution is 8.27. The molecule has 0 bridgehead atoms. The predicted octanol–water partition coefficient (Wildman–Crippen LogP) is 4.13. The molecule has 1 aliphatic heterocycles. The number of rotatable bonds is 6. The fourth-order valence-corrected chi connectivity index (χ4v) is 4.01. The van der Waals surface area contributed by atoms with Crippen LogP contribution in [-0.4, -0.2) is 38.7 Å². The van der Waals surface area contributed by atoms with Crippen LogP contribution in [0, 0.1) is 0 Å². The number of thiocarbonyl (C=S) groups is 1. The Morgan fingerprint density at radius 3 is 2.18 bits per heavy atom. The van der Waals surface area contributed by atoms with Gasteiger partial charge in [0.2, 0.25) is 0 Å². The Hall–Kier alpha value is -2.71. The number of anilines is 1. The Balaban J connectivity index is 2.00. The summed E-state index contributed by atoms with van der Waals surface area (Å²) >= 11 is 6.67. The van der Waals surface area contributed by atoms with Crippen LogP contribution in [0.15, 0.2) is 41.3 Å². The predicted molar refractivity (Wildman–Crippen MR) is 115 cm³/mol. The van der Waals surface area contributed by atoms with Crippen molar-refractivity contribution >= 4 is 46.0 Å². The molecule has 0 aliphatic carbocycles. The molecule has 2 aromatic rings. The number of carbonyl (C=O) groups excluding carboxylic acids is 1. The van der Waals surface area contributed by atoms with E-state index >= 15 is 0 Å². The van der Waals surface area contributed by atoms with Crippen LogP contribution in [0.4, 0.5) is 5.69 Å². The molecular weight excluding hydrogens is 398 g/mol. The van der Waals surface area contributed by atoms with Gasteiger partial charge in [0.15, 0.2) is 4.32 Å². The number of amides is 1. The number of hydrogen-bond acceptors (Lipinski definition) is 7. The Morgan fingerprint density at radius 1 is 0.893 bits per heavy atom. The summed E-state index contributed by atoms with van der Waals surface area (Å²) in [6.45, 7) is 0. The van der Waals surface area contributed by atoms with Crippen LogP contribution in [0.1, 0.15) is 5.56 Å². The first-order valence-electron chi connectivity index (χ1n) is 8.24. The van der Waals surface area contributed by atoms with Crippen LogP contribution in [0.5, 0.6) is 23.0 Å². The van der Waals surface area contributed by atoms with Gasteiger partial charge in [-0.05, 0) is 36.4 Å². The van der Waals surface area contributed by atoms with E-state index in [2.05, 4.69) is 0 Å². The molecule has 8 heteroatoms. The zero-order chi connectivity index (χ0) is 20.3. The summed E-state index contributed by atoms with van der Waals surface area (Å²) in [4.78, 5) is 15.0. The third kappa shape index (κ3) is 3.79. The highest BCUT2D eigenvalue weighted by Gasteiger charge is 2.35. The Bertz CT molecular complexity index is 958. The molecule has 3 rings (SSSR count). The van der Waals surface area contributed by atoms with E-state index in [1.807, 2.05) is 0 Å². The van der Waals surface area contributed by atoms with E-state index < -0.39 is 0 Å². The van der Waals surface area contributed by atoms with E-state index in [-0.39, 0.29) is 5.91 Å². The standard InChI is InChI=1S/C20H19NO5S2/c1-23-13-6-8-16(25-3)12(9-13)10-18-19(22)21(20(27)28-18)15-7-5-14(24-2)11-17(15)26-4/h5-11H,1-4H3. The van der Waals surface area contributed by atoms with Gasteiger partial charge in [0.25, 0.3) is 5.91 Å². The number of ether oxygens (including phenoxy) is 4. The average Bonchev–Trinajstić information content (AvgIpc) is 3.00. The average molecular weight is 418 g/mol. The van der Waals surface area contributed by atoms with Gasteiger partial charge in [0.1, 0.15) is 23.0 Å². The van der Waals surface area contributed by atoms with Crippen LogP contribution in [0.3, 0.4) is 0 Å². The van der Waals surface area contributed by atoms with Crippen LogP contribution >= 0.6 is 24.0 Å². The van der Waals surface area contributed by atoms with E-state index in [0.717, 1.165) is 5.56 Å². The Kier molecular flexibility index (Phi) is 6.11. The normalized spacial score (nSPS) is 15.1. The molecule has 0 atom stereocenters. The van der Waals surface area contributed by atoms with Gasteiger partial charge in [-0.3, -0.25) is 9.69 Å². The van der Waals surface area contributed by atoms with Crippen molar-refractivity contribution in [3.8, 4) is 23.0 Å². The minimum Gasteiger partial charge on any atom is -0.497 e. The Morgan fingerprint density at radius 2 is 1.54 bits per heavy atom. The molecule has 1 heterocycles. The molecule has 1 saturated heterocycles. The van der Waals surface area contributed by atoms with Gasteiger partial charge in [-0.25, -0.2) is 0 Å². The fourth-order valence-electron chi connectivity index (χ4n) is 2.74. The molecular formula is C20H19NO5S2. The van der Waals surface area contributed by atoms with Crippen LogP contribution in [0.2, 0.25) is 0 Å². The highest BCUT2D eigenvalue weighted by atomic mass is 32.2. The van der Waals surface area contributed by atoms with E-state index in [1.54, 1.807) is 63.8 Å². The third-order valence-corrected chi connectivity index (χ3v) is 5.45. The SMILES string of the molecule is COc1ccc(OC)c(C=C2SC(=S)N(c3ccc(OC)cc3OC)C2=O)c1. The Labute approximate surface area is 173 Å². The third-order valence-electron chi connectivity index (χ3n) is 4.14. The lowest BCUT2D eigenvalue weighted by molar-refractivity contribution is -0.113. The summed E-state index contributed by atoms with van der Waals surface area (Å²) in [5.41, 5.74) is 1.29. The summed E-state index contributed by atoms with van der Waals surface area (Å²) in [6.07, 6.45) is 1.75. The smallest absolute Gasteiger partial charge is 0.270 e. The molecule has 0 N–H and O–H groups in total. The summed E-state index contributed by atoms with van der Waals surface area (Å²) < 4.78 is 21.7. The molecule has 2 aromatic carbocycles. The largest absolute Gasteiger partial charge is 0.497 e. The van der Waals surface area contributed by atoms with Gasteiger partial charge < -0.3 is 18.9 Å². The molecule has 0 radical (unpaired) electrons. The van der Waals surface area contributed by atoms with Gasteiger partial charge >= 0.3 is 0 Å². The second kappa shape index (κ2) is 8.53. The van der Waals surface area contributed by atoms with Crippen molar-refractivity contribution in [3.05, 3.63) is 46.9 Å². The fraction of sp³-hybridized carbons (Fsp3) is 0.200. The quantitative estimate of drug-likeness (QED) is 0.517. The molecule has 1 aliphatic rings. The lowest BCUT2D eigenvalue weighted by atomic mass is 10.1. The molecule has 1 amide bonds. The maximum Gasteiger partial charge on any atom is 0.270 e. The van der Waals surface area contributed by atoms with Crippen molar-refractivity contribution in [2.24, 2.45) is 0 Å². The van der Waals surface area contributed by atoms with Crippen molar-refractivity contribution in [2.45, 2.75) is 0 Å². The second-order valence-corrected chi connectivity index (χ2v) is 7.34. The first-order chi connectivity index (χ1) is 13.5. The second-order valence-electron chi connectivity index (χ2n) is 5.66. The van der Waals surface area contributed by atoms with Crippen molar-refractivity contribution in [1.29, 1.82) is 0 Å².